The van der Waals surface area contributed by atoms with E-state index in [0.29, 0.717) is 13.0 Å². The summed E-state index contributed by atoms with van der Waals surface area (Å²) < 4.78 is 0. The van der Waals surface area contributed by atoms with Crippen LogP contribution in [0.2, 0.25) is 0 Å². The molecule has 0 bridgehead atoms. The van der Waals surface area contributed by atoms with E-state index in [-0.39, 0.29) is 5.91 Å². The van der Waals surface area contributed by atoms with Gasteiger partial charge in [0, 0.05) is 30.5 Å². The summed E-state index contributed by atoms with van der Waals surface area (Å²) in [5.41, 5.74) is 0. The van der Waals surface area contributed by atoms with E-state index in [1.165, 1.54) is 4.88 Å². The molecule has 0 unspecified atom stereocenters. The van der Waals surface area contributed by atoms with Gasteiger partial charge in [-0.3, -0.25) is 4.79 Å². The average Bonchev–Trinajstić information content (AvgIpc) is 2.51. The van der Waals surface area contributed by atoms with Gasteiger partial charge in [-0.15, -0.1) is 11.3 Å². The van der Waals surface area contributed by atoms with Crippen LogP contribution in [0.3, 0.4) is 0 Å². The second kappa shape index (κ2) is 4.97. The third kappa shape index (κ3) is 3.55. The van der Waals surface area contributed by atoms with Crippen molar-refractivity contribution in [2.75, 3.05) is 6.54 Å². The molecule has 0 aliphatic heterocycles. The zero-order chi connectivity index (χ0) is 9.68. The number of rotatable bonds is 4. The Morgan fingerprint density at radius 1 is 1.69 bits per heavy atom. The lowest BCUT2D eigenvalue weighted by Crippen LogP contribution is -2.24. The molecule has 0 aliphatic carbocycles. The van der Waals surface area contributed by atoms with Gasteiger partial charge < -0.3 is 5.32 Å². The summed E-state index contributed by atoms with van der Waals surface area (Å²) >= 11 is 1.68. The Morgan fingerprint density at radius 3 is 3.00 bits per heavy atom. The van der Waals surface area contributed by atoms with Crippen LogP contribution in [0.1, 0.15) is 23.2 Å². The molecule has 1 aromatic rings. The molecule has 13 heavy (non-hydrogen) atoms. The van der Waals surface area contributed by atoms with Crippen molar-refractivity contribution < 1.29 is 4.79 Å². The molecule has 72 valence electrons. The zero-order valence-corrected chi connectivity index (χ0v) is 8.78. The smallest absolute Gasteiger partial charge is 0.219 e. The van der Waals surface area contributed by atoms with E-state index in [1.54, 1.807) is 11.3 Å². The second-order valence-corrected chi connectivity index (χ2v) is 4.12. The number of aromatic nitrogens is 1. The lowest BCUT2D eigenvalue weighted by atomic mass is 10.3. The number of hydrogen-bond acceptors (Lipinski definition) is 3. The molecule has 0 aromatic carbocycles. The summed E-state index contributed by atoms with van der Waals surface area (Å²) in [6.45, 7) is 4.55. The largest absolute Gasteiger partial charge is 0.356 e. The Bertz CT molecular complexity index is 283. The highest BCUT2D eigenvalue weighted by atomic mass is 32.1. The standard InChI is InChI=1S/C9H14N2OS/c1-3-9(12)10-5-4-8-6-11-7(2)13-8/h6H,3-5H2,1-2H3,(H,10,12). The summed E-state index contributed by atoms with van der Waals surface area (Å²) in [6.07, 6.45) is 3.32. The minimum Gasteiger partial charge on any atom is -0.356 e. The van der Waals surface area contributed by atoms with E-state index in [0.717, 1.165) is 11.4 Å². The zero-order valence-electron chi connectivity index (χ0n) is 7.96. The Balaban J connectivity index is 2.24. The molecule has 0 radical (unpaired) electrons. The highest BCUT2D eigenvalue weighted by molar-refractivity contribution is 7.11. The molecule has 1 rings (SSSR count). The van der Waals surface area contributed by atoms with Crippen molar-refractivity contribution in [1.82, 2.24) is 10.3 Å². The van der Waals surface area contributed by atoms with Gasteiger partial charge in [0.05, 0.1) is 5.01 Å². The van der Waals surface area contributed by atoms with Crippen LogP contribution in [0.25, 0.3) is 0 Å². The van der Waals surface area contributed by atoms with Crippen molar-refractivity contribution >= 4 is 17.2 Å². The van der Waals surface area contributed by atoms with Crippen LogP contribution in [0.5, 0.6) is 0 Å². The normalized spacial score (nSPS) is 10.0. The van der Waals surface area contributed by atoms with Crippen molar-refractivity contribution in [1.29, 1.82) is 0 Å². The van der Waals surface area contributed by atoms with Crippen LogP contribution in [-0.4, -0.2) is 17.4 Å². The number of nitrogens with zero attached hydrogens (tertiary/aromatic N) is 1. The van der Waals surface area contributed by atoms with Crippen molar-refractivity contribution in [3.8, 4) is 0 Å². The molecule has 0 spiro atoms. The number of carbonyl (C=O) groups is 1. The minimum absolute atomic E-state index is 0.112. The molecule has 0 saturated carbocycles. The Kier molecular flexibility index (Phi) is 3.89. The van der Waals surface area contributed by atoms with Crippen molar-refractivity contribution in [2.45, 2.75) is 26.7 Å². The van der Waals surface area contributed by atoms with Gasteiger partial charge in [-0.1, -0.05) is 6.92 Å². The minimum atomic E-state index is 0.112. The van der Waals surface area contributed by atoms with Crippen LogP contribution in [0.15, 0.2) is 6.20 Å². The quantitative estimate of drug-likeness (QED) is 0.797. The molecule has 1 heterocycles. The first-order valence-corrected chi connectivity index (χ1v) is 5.22. The molecule has 1 amide bonds. The van der Waals surface area contributed by atoms with E-state index in [4.69, 9.17) is 0 Å². The SMILES string of the molecule is CCC(=O)NCCc1cnc(C)s1. The first-order chi connectivity index (χ1) is 6.22. The van der Waals surface area contributed by atoms with Gasteiger partial charge in [0.15, 0.2) is 0 Å². The Morgan fingerprint density at radius 2 is 2.46 bits per heavy atom. The summed E-state index contributed by atoms with van der Waals surface area (Å²) in [4.78, 5) is 16.3. The topological polar surface area (TPSA) is 42.0 Å². The monoisotopic (exact) mass is 198 g/mol. The molecule has 0 aliphatic rings. The van der Waals surface area contributed by atoms with Gasteiger partial charge in [0.25, 0.3) is 0 Å². The van der Waals surface area contributed by atoms with Gasteiger partial charge in [0.1, 0.15) is 0 Å². The first-order valence-electron chi connectivity index (χ1n) is 4.40. The summed E-state index contributed by atoms with van der Waals surface area (Å²) in [7, 11) is 0. The van der Waals surface area contributed by atoms with Gasteiger partial charge >= 0.3 is 0 Å². The molecule has 4 heteroatoms. The lowest BCUT2D eigenvalue weighted by molar-refractivity contribution is -0.120. The van der Waals surface area contributed by atoms with Crippen LogP contribution in [0, 0.1) is 6.92 Å². The maximum Gasteiger partial charge on any atom is 0.219 e. The van der Waals surface area contributed by atoms with Crippen LogP contribution < -0.4 is 5.32 Å². The summed E-state index contributed by atoms with van der Waals surface area (Å²) in [6, 6.07) is 0. The van der Waals surface area contributed by atoms with Gasteiger partial charge in [-0.05, 0) is 6.92 Å². The predicted molar refractivity (Wildman–Crippen MR) is 53.9 cm³/mol. The molecule has 3 nitrogen and oxygen atoms in total. The second-order valence-electron chi connectivity index (χ2n) is 2.80. The van der Waals surface area contributed by atoms with Crippen LogP contribution in [0.4, 0.5) is 0 Å². The summed E-state index contributed by atoms with van der Waals surface area (Å²) in [5, 5.41) is 3.91. The first kappa shape index (κ1) is 10.2. The molecule has 1 aromatic heterocycles. The maximum absolute atomic E-state index is 10.9. The van der Waals surface area contributed by atoms with E-state index in [9.17, 15) is 4.79 Å². The molecular weight excluding hydrogens is 184 g/mol. The van der Waals surface area contributed by atoms with Gasteiger partial charge in [0.2, 0.25) is 5.91 Å². The number of thiazole rings is 1. The third-order valence-corrected chi connectivity index (χ3v) is 2.66. The molecule has 0 saturated heterocycles. The van der Waals surface area contributed by atoms with E-state index in [1.807, 2.05) is 20.0 Å². The fraction of sp³-hybridized carbons (Fsp3) is 0.556. The number of hydrogen-bond donors (Lipinski definition) is 1. The number of aryl methyl sites for hydroxylation is 1. The van der Waals surface area contributed by atoms with Crippen molar-refractivity contribution in [2.24, 2.45) is 0 Å². The van der Waals surface area contributed by atoms with Crippen LogP contribution in [-0.2, 0) is 11.2 Å². The number of carbonyl (C=O) groups excluding carboxylic acids is 1. The van der Waals surface area contributed by atoms with E-state index < -0.39 is 0 Å². The maximum atomic E-state index is 10.9. The van der Waals surface area contributed by atoms with Crippen molar-refractivity contribution in [3.63, 3.8) is 0 Å². The lowest BCUT2D eigenvalue weighted by Gasteiger charge is -2.00. The molecule has 0 atom stereocenters. The highest BCUT2D eigenvalue weighted by Crippen LogP contribution is 2.11. The number of nitrogens with one attached hydrogen (secondary N) is 1. The van der Waals surface area contributed by atoms with E-state index >= 15 is 0 Å². The fourth-order valence-electron chi connectivity index (χ4n) is 0.971. The van der Waals surface area contributed by atoms with Crippen molar-refractivity contribution in [3.05, 3.63) is 16.1 Å². The number of amides is 1. The van der Waals surface area contributed by atoms with Gasteiger partial charge in [-0.25, -0.2) is 4.98 Å². The molecule has 0 fully saturated rings. The Hall–Kier alpha value is -0.900. The van der Waals surface area contributed by atoms with Crippen LogP contribution >= 0.6 is 11.3 Å². The molecular formula is C9H14N2OS. The summed E-state index contributed by atoms with van der Waals surface area (Å²) in [5.74, 6) is 0.112. The third-order valence-electron chi connectivity index (χ3n) is 1.68. The van der Waals surface area contributed by atoms with Gasteiger partial charge in [-0.2, -0.15) is 0 Å². The van der Waals surface area contributed by atoms with E-state index in [2.05, 4.69) is 10.3 Å². The predicted octanol–water partition coefficient (Wildman–Crippen LogP) is 1.52. The average molecular weight is 198 g/mol. The highest BCUT2D eigenvalue weighted by Gasteiger charge is 1.99. The fourth-order valence-corrected chi connectivity index (χ4v) is 1.77. The Labute approximate surface area is 82.2 Å². The molecule has 1 N–H and O–H groups in total.